The number of ether oxygens (including phenoxy) is 1. The van der Waals surface area contributed by atoms with Gasteiger partial charge in [-0.25, -0.2) is 0 Å². The van der Waals surface area contributed by atoms with E-state index in [0.29, 0.717) is 25.9 Å². The average Bonchev–Trinajstić information content (AvgIpc) is 2.26. The highest BCUT2D eigenvalue weighted by molar-refractivity contribution is 5.80. The highest BCUT2D eigenvalue weighted by Gasteiger charge is 2.26. The van der Waals surface area contributed by atoms with Gasteiger partial charge < -0.3 is 4.74 Å². The molecule has 0 bridgehead atoms. The minimum atomic E-state index is -0.317. The number of piperidine rings is 1. The van der Waals surface area contributed by atoms with Crippen molar-refractivity contribution in [2.45, 2.75) is 25.8 Å². The Morgan fingerprint density at radius 2 is 2.20 bits per heavy atom. The van der Waals surface area contributed by atoms with Gasteiger partial charge in [-0.15, -0.1) is 6.42 Å². The molecule has 1 heterocycles. The first kappa shape index (κ1) is 11.7. The van der Waals surface area contributed by atoms with E-state index >= 15 is 0 Å². The molecule has 15 heavy (non-hydrogen) atoms. The summed E-state index contributed by atoms with van der Waals surface area (Å²) in [6, 6.07) is -0.313. The van der Waals surface area contributed by atoms with Crippen LogP contribution in [0.3, 0.4) is 0 Å². The van der Waals surface area contributed by atoms with E-state index in [1.54, 1.807) is 6.92 Å². The van der Waals surface area contributed by atoms with Crippen LogP contribution in [0, 0.1) is 12.3 Å². The molecule has 82 valence electrons. The Morgan fingerprint density at radius 3 is 2.73 bits per heavy atom. The van der Waals surface area contributed by atoms with Crippen molar-refractivity contribution < 1.29 is 14.3 Å². The minimum absolute atomic E-state index is 0.00986. The van der Waals surface area contributed by atoms with Gasteiger partial charge in [-0.2, -0.15) is 0 Å². The molecular formula is C11H15NO3. The molecule has 1 fully saturated rings. The zero-order chi connectivity index (χ0) is 11.3. The van der Waals surface area contributed by atoms with Gasteiger partial charge in [-0.1, -0.05) is 5.92 Å². The topological polar surface area (TPSA) is 46.6 Å². The number of hydrogen-bond donors (Lipinski definition) is 0. The highest BCUT2D eigenvalue weighted by atomic mass is 16.5. The van der Waals surface area contributed by atoms with Crippen LogP contribution in [-0.2, 0) is 14.3 Å². The Morgan fingerprint density at radius 1 is 1.60 bits per heavy atom. The summed E-state index contributed by atoms with van der Waals surface area (Å²) in [4.78, 5) is 24.4. The van der Waals surface area contributed by atoms with E-state index < -0.39 is 0 Å². The predicted octanol–water partition coefficient (Wildman–Crippen LogP) is 0.216. The van der Waals surface area contributed by atoms with Crippen molar-refractivity contribution in [1.29, 1.82) is 0 Å². The fraction of sp³-hybridized carbons (Fsp3) is 0.636. The van der Waals surface area contributed by atoms with E-state index in [1.807, 2.05) is 4.90 Å². The lowest BCUT2D eigenvalue weighted by atomic mass is 10.1. The van der Waals surface area contributed by atoms with Crippen molar-refractivity contribution in [2.75, 3.05) is 19.7 Å². The summed E-state index contributed by atoms with van der Waals surface area (Å²) in [5.74, 6) is 2.19. The molecule has 0 spiro atoms. The van der Waals surface area contributed by atoms with Gasteiger partial charge in [0.15, 0.2) is 6.61 Å². The second-order valence-corrected chi connectivity index (χ2v) is 3.56. The standard InChI is InChI=1S/C11H15NO3/c1-3-8-15-11(14)9(2)12-6-4-10(13)5-7-12/h1,9H,4-8H2,2H3. The third-order valence-corrected chi connectivity index (χ3v) is 2.54. The third-order valence-electron chi connectivity index (χ3n) is 2.54. The molecule has 0 aliphatic carbocycles. The van der Waals surface area contributed by atoms with Crippen LogP contribution in [0.25, 0.3) is 0 Å². The minimum Gasteiger partial charge on any atom is -0.451 e. The Kier molecular flexibility index (Phi) is 4.32. The molecule has 4 heteroatoms. The van der Waals surface area contributed by atoms with E-state index in [0.717, 1.165) is 0 Å². The molecule has 1 atom stereocenters. The lowest BCUT2D eigenvalue weighted by molar-refractivity contribution is -0.149. The van der Waals surface area contributed by atoms with E-state index in [1.165, 1.54) is 0 Å². The summed E-state index contributed by atoms with van der Waals surface area (Å²) in [5, 5.41) is 0. The fourth-order valence-electron chi connectivity index (χ4n) is 1.54. The molecule has 1 rings (SSSR count). The predicted molar refractivity (Wildman–Crippen MR) is 55.1 cm³/mol. The number of carbonyl (C=O) groups excluding carboxylic acids is 2. The van der Waals surface area contributed by atoms with Crippen LogP contribution in [0.4, 0.5) is 0 Å². The van der Waals surface area contributed by atoms with Crippen LogP contribution in [-0.4, -0.2) is 42.4 Å². The van der Waals surface area contributed by atoms with Gasteiger partial charge in [-0.05, 0) is 6.92 Å². The number of carbonyl (C=O) groups is 2. The number of rotatable bonds is 3. The van der Waals surface area contributed by atoms with Gasteiger partial charge in [0.05, 0.1) is 0 Å². The van der Waals surface area contributed by atoms with Crippen molar-refractivity contribution in [3.05, 3.63) is 0 Å². The summed E-state index contributed by atoms with van der Waals surface area (Å²) in [6.07, 6.45) is 6.03. The molecule has 4 nitrogen and oxygen atoms in total. The SMILES string of the molecule is C#CCOC(=O)C(C)N1CCC(=O)CC1. The summed E-state index contributed by atoms with van der Waals surface area (Å²) in [7, 11) is 0. The molecule has 0 N–H and O–H groups in total. The maximum absolute atomic E-state index is 11.4. The van der Waals surface area contributed by atoms with Crippen LogP contribution in [0.15, 0.2) is 0 Å². The van der Waals surface area contributed by atoms with Gasteiger partial charge in [0.2, 0.25) is 0 Å². The van der Waals surface area contributed by atoms with E-state index in [-0.39, 0.29) is 24.4 Å². The monoisotopic (exact) mass is 209 g/mol. The maximum Gasteiger partial charge on any atom is 0.324 e. The van der Waals surface area contributed by atoms with Crippen molar-refractivity contribution >= 4 is 11.8 Å². The lowest BCUT2D eigenvalue weighted by Gasteiger charge is -2.29. The first-order valence-electron chi connectivity index (χ1n) is 5.01. The number of ketones is 1. The van der Waals surface area contributed by atoms with Crippen LogP contribution in [0.5, 0.6) is 0 Å². The summed E-state index contributed by atoms with van der Waals surface area (Å²) in [6.45, 7) is 3.04. The molecule has 0 amide bonds. The van der Waals surface area contributed by atoms with Gasteiger partial charge in [0, 0.05) is 25.9 Å². The molecule has 1 aliphatic rings. The smallest absolute Gasteiger partial charge is 0.324 e. The van der Waals surface area contributed by atoms with Crippen molar-refractivity contribution in [3.8, 4) is 12.3 Å². The lowest BCUT2D eigenvalue weighted by Crippen LogP contribution is -2.44. The van der Waals surface area contributed by atoms with Crippen LogP contribution in [0.1, 0.15) is 19.8 Å². The van der Waals surface area contributed by atoms with Gasteiger partial charge in [0.25, 0.3) is 0 Å². The molecule has 1 saturated heterocycles. The van der Waals surface area contributed by atoms with Crippen LogP contribution in [0.2, 0.25) is 0 Å². The second-order valence-electron chi connectivity index (χ2n) is 3.56. The molecule has 1 aliphatic heterocycles. The Bertz CT molecular complexity index is 283. The molecule has 0 radical (unpaired) electrons. The van der Waals surface area contributed by atoms with Gasteiger partial charge in [0.1, 0.15) is 11.8 Å². The van der Waals surface area contributed by atoms with Crippen LogP contribution < -0.4 is 0 Å². The highest BCUT2D eigenvalue weighted by Crippen LogP contribution is 2.10. The Labute approximate surface area is 89.6 Å². The zero-order valence-corrected chi connectivity index (χ0v) is 8.86. The van der Waals surface area contributed by atoms with E-state index in [4.69, 9.17) is 11.2 Å². The molecule has 0 aromatic carbocycles. The third kappa shape index (κ3) is 3.37. The van der Waals surface area contributed by atoms with Crippen LogP contribution >= 0.6 is 0 Å². The molecule has 1 unspecified atom stereocenters. The summed E-state index contributed by atoms with van der Waals surface area (Å²) < 4.78 is 4.83. The zero-order valence-electron chi connectivity index (χ0n) is 8.86. The molecular weight excluding hydrogens is 194 g/mol. The number of Topliss-reactive ketones (excluding diaryl/α,β-unsaturated/α-hetero) is 1. The number of nitrogens with zero attached hydrogens (tertiary/aromatic N) is 1. The van der Waals surface area contributed by atoms with Gasteiger partial charge >= 0.3 is 5.97 Å². The normalized spacial score (nSPS) is 19.3. The number of esters is 1. The van der Waals surface area contributed by atoms with Crippen molar-refractivity contribution in [2.24, 2.45) is 0 Å². The van der Waals surface area contributed by atoms with Crippen molar-refractivity contribution in [3.63, 3.8) is 0 Å². The number of hydrogen-bond acceptors (Lipinski definition) is 4. The first-order valence-corrected chi connectivity index (χ1v) is 5.01. The van der Waals surface area contributed by atoms with Crippen molar-refractivity contribution in [1.82, 2.24) is 4.90 Å². The molecule has 0 aromatic rings. The Balaban J connectivity index is 2.39. The fourth-order valence-corrected chi connectivity index (χ4v) is 1.54. The number of terminal acetylenes is 1. The second kappa shape index (κ2) is 5.52. The number of likely N-dealkylation sites (tertiary alicyclic amines) is 1. The summed E-state index contributed by atoms with van der Waals surface area (Å²) in [5.41, 5.74) is 0. The first-order chi connectivity index (χ1) is 7.15. The molecule has 0 aromatic heterocycles. The maximum atomic E-state index is 11.4. The quantitative estimate of drug-likeness (QED) is 0.492. The van der Waals surface area contributed by atoms with E-state index in [2.05, 4.69) is 5.92 Å². The average molecular weight is 209 g/mol. The summed E-state index contributed by atoms with van der Waals surface area (Å²) >= 11 is 0. The largest absolute Gasteiger partial charge is 0.451 e. The Hall–Kier alpha value is -1.34. The van der Waals surface area contributed by atoms with E-state index in [9.17, 15) is 9.59 Å². The van der Waals surface area contributed by atoms with Gasteiger partial charge in [-0.3, -0.25) is 14.5 Å². The molecule has 0 saturated carbocycles.